The average molecular weight is 220 g/mol. The maximum absolute atomic E-state index is 12.4. The minimum absolute atomic E-state index is 1.16. The Morgan fingerprint density at radius 3 is 1.50 bits per heavy atom. The van der Waals surface area contributed by atoms with Crippen LogP contribution >= 0.6 is 0 Å². The van der Waals surface area contributed by atoms with Gasteiger partial charge in [0, 0.05) is 0 Å². The van der Waals surface area contributed by atoms with Crippen molar-refractivity contribution in [2.45, 2.75) is 5.92 Å². The Hall–Kier alpha value is -0.240. The van der Waals surface area contributed by atoms with Gasteiger partial charge in [-0.1, -0.05) is 0 Å². The monoisotopic (exact) mass is 220 g/mol. The second-order valence-corrected chi connectivity index (χ2v) is 7.24. The molecule has 0 N–H and O–H groups in total. The lowest BCUT2D eigenvalue weighted by Gasteiger charge is -2.21. The SMILES string of the molecule is O=S1(=O)CC(F)(F)CS(=O)(=O)C1. The molecule has 1 fully saturated rings. The summed E-state index contributed by atoms with van der Waals surface area (Å²) in [5, 5.41) is -1.16. The van der Waals surface area contributed by atoms with E-state index in [0.29, 0.717) is 0 Å². The molecule has 1 saturated heterocycles. The Kier molecular flexibility index (Phi) is 1.95. The van der Waals surface area contributed by atoms with Crippen LogP contribution in [0.2, 0.25) is 0 Å². The molecule has 8 heteroatoms. The highest BCUT2D eigenvalue weighted by atomic mass is 32.3. The second-order valence-electron chi connectivity index (χ2n) is 2.75. The van der Waals surface area contributed by atoms with E-state index >= 15 is 0 Å². The molecule has 4 nitrogen and oxygen atoms in total. The van der Waals surface area contributed by atoms with Crippen molar-refractivity contribution in [1.82, 2.24) is 0 Å². The summed E-state index contributed by atoms with van der Waals surface area (Å²) in [5.74, 6) is -6.35. The van der Waals surface area contributed by atoms with Gasteiger partial charge in [0.2, 0.25) is 0 Å². The first-order valence-corrected chi connectivity index (χ1v) is 6.55. The quantitative estimate of drug-likeness (QED) is 0.548. The van der Waals surface area contributed by atoms with Crippen LogP contribution in [0, 0.1) is 0 Å². The van der Waals surface area contributed by atoms with Gasteiger partial charge in [0.25, 0.3) is 5.92 Å². The van der Waals surface area contributed by atoms with Crippen molar-refractivity contribution in [1.29, 1.82) is 0 Å². The Morgan fingerprint density at radius 1 is 0.917 bits per heavy atom. The molecule has 12 heavy (non-hydrogen) atoms. The predicted octanol–water partition coefficient (Wildman–Crippen LogP) is -0.578. The smallest absolute Gasteiger partial charge is 0.228 e. The fourth-order valence-electron chi connectivity index (χ4n) is 1.04. The lowest BCUT2D eigenvalue weighted by Crippen LogP contribution is -2.44. The van der Waals surface area contributed by atoms with Crippen molar-refractivity contribution in [2.24, 2.45) is 0 Å². The fourth-order valence-corrected chi connectivity index (χ4v) is 5.52. The third-order valence-corrected chi connectivity index (χ3v) is 5.82. The summed E-state index contributed by atoms with van der Waals surface area (Å²) in [7, 11) is -8.27. The van der Waals surface area contributed by atoms with E-state index in [0.717, 1.165) is 0 Å². The highest BCUT2D eigenvalue weighted by Crippen LogP contribution is 2.25. The van der Waals surface area contributed by atoms with E-state index in [4.69, 9.17) is 0 Å². The molecule has 1 aliphatic heterocycles. The molecule has 0 spiro atoms. The molecule has 0 unspecified atom stereocenters. The molecule has 1 rings (SSSR count). The summed E-state index contributed by atoms with van der Waals surface area (Å²) < 4.78 is 67.4. The van der Waals surface area contributed by atoms with Gasteiger partial charge in [-0.25, -0.2) is 25.6 Å². The number of sulfone groups is 2. The lowest BCUT2D eigenvalue weighted by atomic mass is 10.5. The van der Waals surface area contributed by atoms with E-state index in [1.165, 1.54) is 0 Å². The van der Waals surface area contributed by atoms with Crippen LogP contribution < -0.4 is 0 Å². The van der Waals surface area contributed by atoms with E-state index in [1.807, 2.05) is 0 Å². The van der Waals surface area contributed by atoms with Gasteiger partial charge in [0.15, 0.2) is 24.8 Å². The van der Waals surface area contributed by atoms with Gasteiger partial charge in [-0.3, -0.25) is 0 Å². The molecule has 72 valence electrons. The van der Waals surface area contributed by atoms with Crippen molar-refractivity contribution >= 4 is 19.7 Å². The van der Waals surface area contributed by atoms with Gasteiger partial charge >= 0.3 is 0 Å². The summed E-state index contributed by atoms with van der Waals surface area (Å²) in [6, 6.07) is 0. The standard InChI is InChI=1S/C4H6F2O4S2/c5-4(6)1-11(7,8)3-12(9,10)2-4/h1-3H2. The van der Waals surface area contributed by atoms with Crippen molar-refractivity contribution < 1.29 is 25.6 Å². The van der Waals surface area contributed by atoms with Crippen LogP contribution in [0.4, 0.5) is 8.78 Å². The zero-order valence-corrected chi connectivity index (χ0v) is 7.46. The molecule has 0 radical (unpaired) electrons. The Morgan fingerprint density at radius 2 is 1.25 bits per heavy atom. The Bertz CT molecular complexity index is 343. The van der Waals surface area contributed by atoms with Crippen LogP contribution in [0.15, 0.2) is 0 Å². The number of rotatable bonds is 0. The van der Waals surface area contributed by atoms with E-state index in [-0.39, 0.29) is 0 Å². The topological polar surface area (TPSA) is 68.3 Å². The molecule has 1 heterocycles. The Balaban J connectivity index is 3.14. The van der Waals surface area contributed by atoms with Crippen molar-refractivity contribution in [2.75, 3.05) is 16.6 Å². The molecule has 0 atom stereocenters. The van der Waals surface area contributed by atoms with Gasteiger partial charge in [-0.15, -0.1) is 0 Å². The largest absolute Gasteiger partial charge is 0.275 e. The van der Waals surface area contributed by atoms with E-state index in [2.05, 4.69) is 0 Å². The zero-order chi connectivity index (χ0) is 9.62. The summed E-state index contributed by atoms with van der Waals surface area (Å²) >= 11 is 0. The minimum Gasteiger partial charge on any atom is -0.228 e. The van der Waals surface area contributed by atoms with E-state index in [9.17, 15) is 25.6 Å². The fraction of sp³-hybridized carbons (Fsp3) is 1.00. The first-order valence-electron chi connectivity index (χ1n) is 2.91. The molecular formula is C4H6F2O4S2. The number of hydrogen-bond donors (Lipinski definition) is 0. The van der Waals surface area contributed by atoms with Crippen LogP contribution in [0.25, 0.3) is 0 Å². The predicted molar refractivity (Wildman–Crippen MR) is 37.4 cm³/mol. The van der Waals surface area contributed by atoms with Crippen LogP contribution in [0.1, 0.15) is 0 Å². The number of hydrogen-bond acceptors (Lipinski definition) is 4. The minimum atomic E-state index is -4.14. The van der Waals surface area contributed by atoms with Crippen LogP contribution in [-0.2, 0) is 19.7 Å². The molecule has 0 aromatic rings. The normalized spacial score (nSPS) is 31.2. The zero-order valence-electron chi connectivity index (χ0n) is 5.83. The van der Waals surface area contributed by atoms with Gasteiger partial charge in [-0.05, 0) is 0 Å². The van der Waals surface area contributed by atoms with Crippen molar-refractivity contribution in [3.63, 3.8) is 0 Å². The van der Waals surface area contributed by atoms with Gasteiger partial charge in [0.1, 0.15) is 11.5 Å². The molecule has 0 amide bonds. The Labute approximate surface area is 68.4 Å². The molecule has 0 aromatic heterocycles. The first-order chi connectivity index (χ1) is 5.12. The number of alkyl halides is 2. The van der Waals surface area contributed by atoms with Crippen molar-refractivity contribution in [3.8, 4) is 0 Å². The van der Waals surface area contributed by atoms with Crippen LogP contribution in [-0.4, -0.2) is 39.3 Å². The van der Waals surface area contributed by atoms with E-state index in [1.54, 1.807) is 0 Å². The summed E-state index contributed by atoms with van der Waals surface area (Å²) in [6.07, 6.45) is 0. The van der Waals surface area contributed by atoms with Crippen LogP contribution in [0.5, 0.6) is 0 Å². The first kappa shape index (κ1) is 9.85. The van der Waals surface area contributed by atoms with E-state index < -0.39 is 42.2 Å². The van der Waals surface area contributed by atoms with Gasteiger partial charge in [0.05, 0.1) is 0 Å². The molecule has 1 aliphatic rings. The average Bonchev–Trinajstić information content (AvgIpc) is 1.44. The second kappa shape index (κ2) is 2.38. The number of halogens is 2. The molecule has 0 aromatic carbocycles. The lowest BCUT2D eigenvalue weighted by molar-refractivity contribution is 0.0500. The third kappa shape index (κ3) is 2.37. The maximum atomic E-state index is 12.4. The molecular weight excluding hydrogens is 214 g/mol. The summed E-state index contributed by atoms with van der Waals surface area (Å²) in [5.41, 5.74) is 0. The summed E-state index contributed by atoms with van der Waals surface area (Å²) in [4.78, 5) is 0. The van der Waals surface area contributed by atoms with Crippen molar-refractivity contribution in [3.05, 3.63) is 0 Å². The molecule has 0 saturated carbocycles. The van der Waals surface area contributed by atoms with Gasteiger partial charge in [-0.2, -0.15) is 0 Å². The molecule has 0 bridgehead atoms. The van der Waals surface area contributed by atoms with Gasteiger partial charge < -0.3 is 0 Å². The summed E-state index contributed by atoms with van der Waals surface area (Å²) in [6.45, 7) is 0. The maximum Gasteiger partial charge on any atom is 0.275 e. The third-order valence-electron chi connectivity index (χ3n) is 1.22. The highest BCUT2D eigenvalue weighted by molar-refractivity contribution is 8.08. The highest BCUT2D eigenvalue weighted by Gasteiger charge is 2.47. The van der Waals surface area contributed by atoms with Crippen LogP contribution in [0.3, 0.4) is 0 Å². The molecule has 0 aliphatic carbocycles.